The molecule has 1 aromatic heterocycles. The molecule has 6 nitrogen and oxygen atoms in total. The quantitative estimate of drug-likeness (QED) is 0.590. The van der Waals surface area contributed by atoms with E-state index in [4.69, 9.17) is 5.73 Å². The van der Waals surface area contributed by atoms with E-state index in [1.54, 1.807) is 13.0 Å². The Bertz CT molecular complexity index is 509. The molecule has 6 heteroatoms. The molecular weight excluding hydrogens is 234 g/mol. The highest BCUT2D eigenvalue weighted by molar-refractivity contribution is 6.18. The smallest absolute Gasteiger partial charge is 0.337 e. The van der Waals surface area contributed by atoms with Crippen LogP contribution in [0.1, 0.15) is 21.7 Å². The van der Waals surface area contributed by atoms with Crippen LogP contribution in [0, 0.1) is 6.92 Å². The van der Waals surface area contributed by atoms with Crippen LogP contribution in [0.5, 0.6) is 0 Å². The van der Waals surface area contributed by atoms with E-state index in [1.807, 2.05) is 0 Å². The molecule has 96 valence electrons. The third-order valence-electron chi connectivity index (χ3n) is 2.29. The first-order valence-electron chi connectivity index (χ1n) is 5.24. The Kier molecular flexibility index (Phi) is 4.42. The summed E-state index contributed by atoms with van der Waals surface area (Å²) in [4.78, 5) is 27.2. The average molecular weight is 249 g/mol. The van der Waals surface area contributed by atoms with E-state index in [9.17, 15) is 9.59 Å². The summed E-state index contributed by atoms with van der Waals surface area (Å²) in [6.45, 7) is 1.72. The summed E-state index contributed by atoms with van der Waals surface area (Å²) in [6, 6.07) is 3.04. The summed E-state index contributed by atoms with van der Waals surface area (Å²) >= 11 is 0. The lowest BCUT2D eigenvalue weighted by molar-refractivity contribution is -0.115. The zero-order valence-electron chi connectivity index (χ0n) is 10.5. The van der Waals surface area contributed by atoms with Crippen LogP contribution in [0.25, 0.3) is 5.57 Å². The minimum absolute atomic E-state index is 0.200. The molecule has 0 unspecified atom stereocenters. The normalized spacial score (nSPS) is 10.9. The van der Waals surface area contributed by atoms with Crippen molar-refractivity contribution in [2.24, 2.45) is 5.73 Å². The van der Waals surface area contributed by atoms with Crippen LogP contribution in [0.3, 0.4) is 0 Å². The largest absolute Gasteiger partial charge is 0.465 e. The third kappa shape index (κ3) is 2.85. The molecular formula is C12H15N3O3. The van der Waals surface area contributed by atoms with Crippen molar-refractivity contribution in [2.75, 3.05) is 14.2 Å². The Labute approximate surface area is 105 Å². The molecule has 0 fully saturated rings. The highest BCUT2D eigenvalue weighted by atomic mass is 16.5. The molecule has 18 heavy (non-hydrogen) atoms. The summed E-state index contributed by atoms with van der Waals surface area (Å²) in [5.74, 6) is -0.860. The zero-order chi connectivity index (χ0) is 13.7. The maximum Gasteiger partial charge on any atom is 0.337 e. The van der Waals surface area contributed by atoms with Crippen molar-refractivity contribution >= 4 is 17.4 Å². The fourth-order valence-electron chi connectivity index (χ4n) is 1.45. The van der Waals surface area contributed by atoms with Crippen molar-refractivity contribution in [3.63, 3.8) is 0 Å². The van der Waals surface area contributed by atoms with Gasteiger partial charge in [-0.25, -0.2) is 4.79 Å². The molecule has 3 N–H and O–H groups in total. The van der Waals surface area contributed by atoms with E-state index < -0.39 is 5.97 Å². The van der Waals surface area contributed by atoms with Crippen molar-refractivity contribution < 1.29 is 14.3 Å². The lowest BCUT2D eigenvalue weighted by Gasteiger charge is -2.08. The van der Waals surface area contributed by atoms with Crippen LogP contribution < -0.4 is 11.1 Å². The lowest BCUT2D eigenvalue weighted by atomic mass is 10.1. The summed E-state index contributed by atoms with van der Waals surface area (Å²) in [6.07, 6.45) is 1.15. The van der Waals surface area contributed by atoms with Gasteiger partial charge in [-0.05, 0) is 19.1 Å². The average Bonchev–Trinajstić information content (AvgIpc) is 2.37. The van der Waals surface area contributed by atoms with Gasteiger partial charge < -0.3 is 15.8 Å². The lowest BCUT2D eigenvalue weighted by Crippen LogP contribution is -2.21. The first-order valence-corrected chi connectivity index (χ1v) is 5.24. The number of amides is 1. The number of ether oxygens (including phenoxy) is 1. The van der Waals surface area contributed by atoms with Crippen LogP contribution in [-0.2, 0) is 9.53 Å². The fourth-order valence-corrected chi connectivity index (χ4v) is 1.45. The minimum atomic E-state index is -0.491. The number of carbonyl (C=O) groups excluding carboxylic acids is 2. The molecule has 1 heterocycles. The molecule has 0 bridgehead atoms. The summed E-state index contributed by atoms with van der Waals surface area (Å²) in [5.41, 5.74) is 6.86. The van der Waals surface area contributed by atoms with Crippen LogP contribution in [0.15, 0.2) is 18.3 Å². The van der Waals surface area contributed by atoms with Crippen molar-refractivity contribution in [1.29, 1.82) is 0 Å². The van der Waals surface area contributed by atoms with Crippen molar-refractivity contribution in [3.05, 3.63) is 35.3 Å². The number of nitrogens with two attached hydrogens (primary N) is 1. The van der Waals surface area contributed by atoms with E-state index >= 15 is 0 Å². The Morgan fingerprint density at radius 1 is 1.44 bits per heavy atom. The van der Waals surface area contributed by atoms with E-state index in [2.05, 4.69) is 15.0 Å². The van der Waals surface area contributed by atoms with Gasteiger partial charge in [0.05, 0.1) is 23.9 Å². The second-order valence-electron chi connectivity index (χ2n) is 3.53. The number of likely N-dealkylation sites (N-methyl/N-ethyl adjacent to an activating group) is 1. The summed E-state index contributed by atoms with van der Waals surface area (Å²) < 4.78 is 4.63. The maximum absolute atomic E-state index is 11.6. The molecule has 0 saturated heterocycles. The van der Waals surface area contributed by atoms with Gasteiger partial charge in [0.1, 0.15) is 0 Å². The molecule has 0 aliphatic rings. The van der Waals surface area contributed by atoms with Gasteiger partial charge in [-0.2, -0.15) is 0 Å². The molecule has 0 saturated carbocycles. The van der Waals surface area contributed by atoms with Gasteiger partial charge in [-0.15, -0.1) is 0 Å². The number of pyridine rings is 1. The molecule has 1 rings (SSSR count). The van der Waals surface area contributed by atoms with Gasteiger partial charge in [-0.1, -0.05) is 0 Å². The second-order valence-corrected chi connectivity index (χ2v) is 3.53. The van der Waals surface area contributed by atoms with Crippen LogP contribution in [-0.4, -0.2) is 31.0 Å². The Morgan fingerprint density at radius 2 is 2.11 bits per heavy atom. The molecule has 0 aromatic carbocycles. The monoisotopic (exact) mass is 249 g/mol. The van der Waals surface area contributed by atoms with E-state index in [0.29, 0.717) is 17.0 Å². The number of aryl methyl sites for hydroxylation is 1. The molecule has 1 aromatic rings. The van der Waals surface area contributed by atoms with Gasteiger partial charge in [0.15, 0.2) is 0 Å². The number of esters is 1. The van der Waals surface area contributed by atoms with Crippen molar-refractivity contribution in [3.8, 4) is 0 Å². The highest BCUT2D eigenvalue weighted by Crippen LogP contribution is 2.15. The number of nitrogens with one attached hydrogen (secondary N) is 1. The van der Waals surface area contributed by atoms with Crippen molar-refractivity contribution in [1.82, 2.24) is 10.3 Å². The molecule has 0 atom stereocenters. The molecule has 0 aliphatic carbocycles. The Hall–Kier alpha value is -2.37. The second kappa shape index (κ2) is 5.81. The molecule has 0 aliphatic heterocycles. The van der Waals surface area contributed by atoms with E-state index in [1.165, 1.54) is 20.2 Å². The standard InChI is InChI=1S/C12H15N3O3/c1-7-4-8(12(17)18-3)5-10(15-7)9(6-13)11(16)14-2/h4-6H,13H2,1-3H3,(H,14,16). The predicted molar refractivity (Wildman–Crippen MR) is 66.5 cm³/mol. The number of hydrogen-bond donors (Lipinski definition) is 2. The molecule has 0 spiro atoms. The van der Waals surface area contributed by atoms with E-state index in [0.717, 1.165) is 6.20 Å². The van der Waals surface area contributed by atoms with Gasteiger partial charge in [-0.3, -0.25) is 9.78 Å². The van der Waals surface area contributed by atoms with Gasteiger partial charge in [0.2, 0.25) is 0 Å². The number of hydrogen-bond acceptors (Lipinski definition) is 5. The third-order valence-corrected chi connectivity index (χ3v) is 2.29. The van der Waals surface area contributed by atoms with Gasteiger partial charge >= 0.3 is 5.97 Å². The Balaban J connectivity index is 3.29. The number of carbonyl (C=O) groups is 2. The number of rotatable bonds is 3. The number of nitrogens with zero attached hydrogens (tertiary/aromatic N) is 1. The first kappa shape index (κ1) is 13.7. The molecule has 0 radical (unpaired) electrons. The fraction of sp³-hybridized carbons (Fsp3) is 0.250. The summed E-state index contributed by atoms with van der Waals surface area (Å²) in [7, 11) is 2.78. The van der Waals surface area contributed by atoms with Crippen LogP contribution in [0.2, 0.25) is 0 Å². The van der Waals surface area contributed by atoms with Crippen LogP contribution in [0.4, 0.5) is 0 Å². The first-order chi connectivity index (χ1) is 8.53. The highest BCUT2D eigenvalue weighted by Gasteiger charge is 2.15. The molecule has 1 amide bonds. The van der Waals surface area contributed by atoms with Gasteiger partial charge in [0.25, 0.3) is 5.91 Å². The zero-order valence-corrected chi connectivity index (χ0v) is 10.5. The number of methoxy groups -OCH3 is 1. The van der Waals surface area contributed by atoms with Crippen LogP contribution >= 0.6 is 0 Å². The topological polar surface area (TPSA) is 94.3 Å². The minimum Gasteiger partial charge on any atom is -0.465 e. The SMILES string of the molecule is CNC(=O)C(=CN)c1cc(C(=O)OC)cc(C)n1. The van der Waals surface area contributed by atoms with Crippen molar-refractivity contribution in [2.45, 2.75) is 6.92 Å². The number of aromatic nitrogens is 1. The predicted octanol–water partition coefficient (Wildman–Crippen LogP) is 0.222. The Morgan fingerprint density at radius 3 is 2.61 bits per heavy atom. The summed E-state index contributed by atoms with van der Waals surface area (Å²) in [5, 5.41) is 2.45. The van der Waals surface area contributed by atoms with Gasteiger partial charge in [0, 0.05) is 18.9 Å². The maximum atomic E-state index is 11.6. The van der Waals surface area contributed by atoms with E-state index in [-0.39, 0.29) is 11.5 Å².